The Morgan fingerprint density at radius 1 is 0.549 bits per heavy atom. The van der Waals surface area contributed by atoms with Crippen LogP contribution in [-0.2, 0) is 5.41 Å². The summed E-state index contributed by atoms with van der Waals surface area (Å²) in [4.78, 5) is 14.6. The van der Waals surface area contributed by atoms with Crippen molar-refractivity contribution in [2.75, 3.05) is 0 Å². The highest BCUT2D eigenvalue weighted by molar-refractivity contribution is 5.84. The van der Waals surface area contributed by atoms with Crippen LogP contribution in [0.4, 0.5) is 0 Å². The number of aromatic nitrogens is 3. The van der Waals surface area contributed by atoms with E-state index in [9.17, 15) is 0 Å². The maximum absolute atomic E-state index is 5.17. The van der Waals surface area contributed by atoms with Crippen LogP contribution in [0.2, 0.25) is 0 Å². The van der Waals surface area contributed by atoms with Crippen molar-refractivity contribution in [3.63, 3.8) is 0 Å². The molecule has 1 atom stereocenters. The summed E-state index contributed by atoms with van der Waals surface area (Å²) in [7, 11) is 0. The van der Waals surface area contributed by atoms with Gasteiger partial charge in [-0.2, -0.15) is 0 Å². The highest BCUT2D eigenvalue weighted by Gasteiger charge is 2.35. The van der Waals surface area contributed by atoms with Gasteiger partial charge in [0.2, 0.25) is 0 Å². The number of hydrogen-bond donors (Lipinski definition) is 0. The number of benzene rings is 5. The summed E-state index contributed by atoms with van der Waals surface area (Å²) < 4.78 is 0. The summed E-state index contributed by atoms with van der Waals surface area (Å²) in [5, 5.41) is 0. The first-order valence-electron chi connectivity index (χ1n) is 17.7. The first-order chi connectivity index (χ1) is 25.0. The van der Waals surface area contributed by atoms with Crippen LogP contribution in [0.15, 0.2) is 170 Å². The highest BCUT2D eigenvalue weighted by Crippen LogP contribution is 2.49. The quantitative estimate of drug-likeness (QED) is 0.179. The number of allylic oxidation sites excluding steroid dienone is 4. The zero-order valence-electron chi connectivity index (χ0n) is 28.8. The van der Waals surface area contributed by atoms with Crippen LogP contribution in [0.25, 0.3) is 61.5 Å². The van der Waals surface area contributed by atoms with Gasteiger partial charge < -0.3 is 0 Å². The molecule has 0 amide bonds. The Balaban J connectivity index is 1.06. The average Bonchev–Trinajstić information content (AvgIpc) is 3.44. The van der Waals surface area contributed by atoms with Crippen LogP contribution in [0.1, 0.15) is 48.7 Å². The molecule has 0 fully saturated rings. The van der Waals surface area contributed by atoms with Gasteiger partial charge in [-0.3, -0.25) is 4.98 Å². The van der Waals surface area contributed by atoms with Crippen molar-refractivity contribution in [1.82, 2.24) is 15.0 Å². The monoisotopic (exact) mass is 655 g/mol. The van der Waals surface area contributed by atoms with Gasteiger partial charge in [-0.05, 0) is 74.7 Å². The molecule has 0 saturated heterocycles. The fourth-order valence-corrected chi connectivity index (χ4v) is 7.69. The zero-order valence-corrected chi connectivity index (χ0v) is 28.8. The maximum atomic E-state index is 5.17. The van der Waals surface area contributed by atoms with E-state index < -0.39 is 0 Å². The predicted octanol–water partition coefficient (Wildman–Crippen LogP) is 12.0. The third-order valence-corrected chi connectivity index (χ3v) is 10.6. The van der Waals surface area contributed by atoms with Crippen LogP contribution >= 0.6 is 0 Å². The molecule has 2 aromatic heterocycles. The fourth-order valence-electron chi connectivity index (χ4n) is 7.69. The van der Waals surface area contributed by atoms with E-state index in [2.05, 4.69) is 171 Å². The van der Waals surface area contributed by atoms with E-state index in [0.29, 0.717) is 5.92 Å². The summed E-state index contributed by atoms with van der Waals surface area (Å²) in [6.07, 6.45) is 11.4. The second-order valence-electron chi connectivity index (χ2n) is 14.1. The lowest BCUT2D eigenvalue weighted by atomic mass is 9.81. The molecule has 0 spiro atoms. The SMILES string of the molecule is CC1(C)c2ccccc2-c2ccc(-c3ccc(-c4cc(-c5ccc(-c6cccnc6)cc5)nc(C5=CCC(c6ccccc6)C=C5)n4)cc3)cc21. The van der Waals surface area contributed by atoms with Crippen molar-refractivity contribution in [3.05, 3.63) is 193 Å². The Morgan fingerprint density at radius 2 is 1.18 bits per heavy atom. The maximum Gasteiger partial charge on any atom is 0.160 e. The standard InChI is InChI=1S/C48H37N3/c1-48(2)43-13-7-6-12-41(43)42-27-26-39(29-44(42)48)34-14-20-36(21-15-34)45-30-46(37-22-16-35(17-23-37)40-11-8-28-49-31-40)51-47(50-45)38-24-18-33(19-25-38)32-9-4-3-5-10-32/h3-18,20-31,33H,19H2,1-2H3. The molecule has 5 aromatic carbocycles. The van der Waals surface area contributed by atoms with Gasteiger partial charge in [0.1, 0.15) is 0 Å². The molecule has 51 heavy (non-hydrogen) atoms. The molecular formula is C48H37N3. The van der Waals surface area contributed by atoms with E-state index in [0.717, 1.165) is 51.5 Å². The Labute approximate surface area is 299 Å². The summed E-state index contributed by atoms with van der Waals surface area (Å²) in [5.41, 5.74) is 16.4. The second kappa shape index (κ2) is 12.6. The second-order valence-corrected chi connectivity index (χ2v) is 14.1. The first kappa shape index (κ1) is 30.8. The molecule has 0 bridgehead atoms. The van der Waals surface area contributed by atoms with E-state index in [1.54, 1.807) is 6.20 Å². The van der Waals surface area contributed by atoms with Crippen LogP contribution in [0.5, 0.6) is 0 Å². The van der Waals surface area contributed by atoms with Crippen LogP contribution in [0.3, 0.4) is 0 Å². The minimum atomic E-state index is -0.0326. The summed E-state index contributed by atoms with van der Waals surface area (Å²) in [5.74, 6) is 1.09. The molecule has 2 aliphatic carbocycles. The van der Waals surface area contributed by atoms with Crippen molar-refractivity contribution in [2.24, 2.45) is 0 Å². The Hall–Kier alpha value is -6.19. The normalized spacial score (nSPS) is 15.6. The topological polar surface area (TPSA) is 38.7 Å². The Kier molecular flexibility index (Phi) is 7.62. The van der Waals surface area contributed by atoms with E-state index in [-0.39, 0.29) is 5.41 Å². The molecule has 2 heterocycles. The van der Waals surface area contributed by atoms with Gasteiger partial charge in [0, 0.05) is 40.4 Å². The molecule has 9 rings (SSSR count). The Bertz CT molecular complexity index is 2440. The average molecular weight is 656 g/mol. The number of nitrogens with zero attached hydrogens (tertiary/aromatic N) is 3. The lowest BCUT2D eigenvalue weighted by molar-refractivity contribution is 0.660. The molecule has 3 nitrogen and oxygen atoms in total. The van der Waals surface area contributed by atoms with Crippen molar-refractivity contribution in [2.45, 2.75) is 31.6 Å². The van der Waals surface area contributed by atoms with Gasteiger partial charge in [-0.25, -0.2) is 9.97 Å². The molecule has 244 valence electrons. The molecule has 7 aromatic rings. The molecule has 0 N–H and O–H groups in total. The van der Waals surface area contributed by atoms with Gasteiger partial charge in [-0.1, -0.05) is 153 Å². The van der Waals surface area contributed by atoms with Crippen LogP contribution in [0, 0.1) is 0 Å². The minimum Gasteiger partial charge on any atom is -0.264 e. The van der Waals surface area contributed by atoms with Gasteiger partial charge in [0.15, 0.2) is 5.82 Å². The highest BCUT2D eigenvalue weighted by atomic mass is 14.9. The predicted molar refractivity (Wildman–Crippen MR) is 210 cm³/mol. The van der Waals surface area contributed by atoms with Gasteiger partial charge in [0.25, 0.3) is 0 Å². The smallest absolute Gasteiger partial charge is 0.160 e. The van der Waals surface area contributed by atoms with Crippen molar-refractivity contribution < 1.29 is 0 Å². The van der Waals surface area contributed by atoms with Crippen molar-refractivity contribution in [1.29, 1.82) is 0 Å². The van der Waals surface area contributed by atoms with Crippen LogP contribution < -0.4 is 0 Å². The number of rotatable bonds is 6. The lowest BCUT2D eigenvalue weighted by Gasteiger charge is -2.22. The largest absolute Gasteiger partial charge is 0.264 e. The van der Waals surface area contributed by atoms with E-state index in [1.165, 1.54) is 38.9 Å². The molecule has 3 heteroatoms. The first-order valence-corrected chi connectivity index (χ1v) is 17.7. The molecule has 0 aliphatic heterocycles. The summed E-state index contributed by atoms with van der Waals surface area (Å²) >= 11 is 0. The summed E-state index contributed by atoms with van der Waals surface area (Å²) in [6, 6.07) is 50.0. The van der Waals surface area contributed by atoms with Crippen LogP contribution in [-0.4, -0.2) is 15.0 Å². The molecule has 0 radical (unpaired) electrons. The third kappa shape index (κ3) is 5.71. The zero-order chi connectivity index (χ0) is 34.4. The Morgan fingerprint density at radius 3 is 1.84 bits per heavy atom. The summed E-state index contributed by atoms with van der Waals surface area (Å²) in [6.45, 7) is 4.67. The van der Waals surface area contributed by atoms with Gasteiger partial charge in [0.05, 0.1) is 11.4 Å². The van der Waals surface area contributed by atoms with E-state index in [4.69, 9.17) is 9.97 Å². The van der Waals surface area contributed by atoms with Gasteiger partial charge in [-0.15, -0.1) is 0 Å². The number of fused-ring (bicyclic) bond motifs is 3. The van der Waals surface area contributed by atoms with E-state index >= 15 is 0 Å². The van der Waals surface area contributed by atoms with E-state index in [1.807, 2.05) is 12.3 Å². The van der Waals surface area contributed by atoms with Crippen molar-refractivity contribution in [3.8, 4) is 55.9 Å². The molecular weight excluding hydrogens is 619 g/mol. The van der Waals surface area contributed by atoms with Gasteiger partial charge >= 0.3 is 0 Å². The van der Waals surface area contributed by atoms with Crippen molar-refractivity contribution >= 4 is 5.57 Å². The molecule has 1 unspecified atom stereocenters. The third-order valence-electron chi connectivity index (χ3n) is 10.6. The fraction of sp³-hybridized carbons (Fsp3) is 0.104. The number of pyridine rings is 1. The lowest BCUT2D eigenvalue weighted by Crippen LogP contribution is -2.14. The molecule has 0 saturated carbocycles. The molecule has 2 aliphatic rings. The number of hydrogen-bond acceptors (Lipinski definition) is 3. The minimum absolute atomic E-state index is 0.0326.